The lowest BCUT2D eigenvalue weighted by Gasteiger charge is -2.18. The van der Waals surface area contributed by atoms with Crippen LogP contribution in [0.25, 0.3) is 5.69 Å². The highest BCUT2D eigenvalue weighted by Crippen LogP contribution is 2.30. The van der Waals surface area contributed by atoms with Crippen molar-refractivity contribution < 1.29 is 14.3 Å². The lowest BCUT2D eigenvalue weighted by atomic mass is 10.1. The van der Waals surface area contributed by atoms with Gasteiger partial charge in [-0.05, 0) is 62.2 Å². The van der Waals surface area contributed by atoms with Crippen molar-refractivity contribution in [2.75, 3.05) is 13.2 Å². The number of carbonyl (C=O) groups excluding carboxylic acids is 1. The second-order valence-corrected chi connectivity index (χ2v) is 6.74. The molecule has 1 unspecified atom stereocenters. The molecule has 0 aliphatic rings. The highest BCUT2D eigenvalue weighted by molar-refractivity contribution is 5.74. The molecular formula is C23H28N4O3. The molecule has 1 aromatic heterocycles. The zero-order valence-electron chi connectivity index (χ0n) is 17.6. The average Bonchev–Trinajstić information content (AvgIpc) is 3.29. The lowest BCUT2D eigenvalue weighted by molar-refractivity contribution is 0.237. The van der Waals surface area contributed by atoms with Crippen LogP contribution < -0.4 is 20.1 Å². The van der Waals surface area contributed by atoms with E-state index in [2.05, 4.69) is 15.7 Å². The van der Waals surface area contributed by atoms with Crippen LogP contribution in [0.2, 0.25) is 0 Å². The van der Waals surface area contributed by atoms with E-state index in [-0.39, 0.29) is 12.1 Å². The molecule has 1 atom stereocenters. The number of nitrogens with one attached hydrogen (secondary N) is 2. The molecule has 2 aromatic carbocycles. The number of amides is 2. The number of carbonyl (C=O) groups is 1. The van der Waals surface area contributed by atoms with E-state index < -0.39 is 0 Å². The Morgan fingerprint density at radius 3 is 2.60 bits per heavy atom. The van der Waals surface area contributed by atoms with Gasteiger partial charge in [-0.1, -0.05) is 18.2 Å². The van der Waals surface area contributed by atoms with Gasteiger partial charge in [-0.25, -0.2) is 9.48 Å². The van der Waals surface area contributed by atoms with Gasteiger partial charge in [0.05, 0.1) is 24.9 Å². The summed E-state index contributed by atoms with van der Waals surface area (Å²) in [5, 5.41) is 10.1. The molecule has 3 aromatic rings. The third-order valence-corrected chi connectivity index (χ3v) is 4.55. The summed E-state index contributed by atoms with van der Waals surface area (Å²) < 4.78 is 13.1. The van der Waals surface area contributed by atoms with Crippen LogP contribution in [0.4, 0.5) is 4.79 Å². The molecule has 0 fully saturated rings. The first-order valence-electron chi connectivity index (χ1n) is 10.1. The van der Waals surface area contributed by atoms with Gasteiger partial charge in [-0.3, -0.25) is 0 Å². The Bertz CT molecular complexity index is 957. The maximum absolute atomic E-state index is 12.4. The predicted molar refractivity (Wildman–Crippen MR) is 116 cm³/mol. The van der Waals surface area contributed by atoms with Crippen LogP contribution >= 0.6 is 0 Å². The van der Waals surface area contributed by atoms with E-state index in [9.17, 15) is 4.79 Å². The fourth-order valence-electron chi connectivity index (χ4n) is 3.08. The topological polar surface area (TPSA) is 77.4 Å². The number of nitrogens with zero attached hydrogens (tertiary/aromatic N) is 2. The second kappa shape index (κ2) is 10.3. The minimum atomic E-state index is -0.237. The first kappa shape index (κ1) is 21.2. The first-order chi connectivity index (χ1) is 14.6. The summed E-state index contributed by atoms with van der Waals surface area (Å²) in [5.41, 5.74) is 2.88. The number of rotatable bonds is 9. The molecule has 3 rings (SSSR count). The Hall–Kier alpha value is -3.48. The highest BCUT2D eigenvalue weighted by Gasteiger charge is 2.13. The summed E-state index contributed by atoms with van der Waals surface area (Å²) in [7, 11) is 0. The van der Waals surface area contributed by atoms with Crippen LogP contribution in [0.15, 0.2) is 60.9 Å². The Balaban J connectivity index is 1.58. The van der Waals surface area contributed by atoms with Gasteiger partial charge in [0, 0.05) is 18.9 Å². The van der Waals surface area contributed by atoms with E-state index in [1.165, 1.54) is 0 Å². The average molecular weight is 409 g/mol. The van der Waals surface area contributed by atoms with Crippen LogP contribution in [0.5, 0.6) is 11.5 Å². The third-order valence-electron chi connectivity index (χ3n) is 4.55. The zero-order valence-corrected chi connectivity index (χ0v) is 17.6. The van der Waals surface area contributed by atoms with Crippen LogP contribution in [-0.2, 0) is 6.54 Å². The zero-order chi connectivity index (χ0) is 21.3. The summed E-state index contributed by atoms with van der Waals surface area (Å²) >= 11 is 0. The molecule has 0 aliphatic carbocycles. The number of ether oxygens (including phenoxy) is 2. The summed E-state index contributed by atoms with van der Waals surface area (Å²) in [5.74, 6) is 1.39. The van der Waals surface area contributed by atoms with Crippen molar-refractivity contribution in [2.45, 2.75) is 33.4 Å². The van der Waals surface area contributed by atoms with E-state index in [1.54, 1.807) is 10.9 Å². The number of urea groups is 1. The van der Waals surface area contributed by atoms with Crippen LogP contribution in [-0.4, -0.2) is 29.0 Å². The molecule has 2 amide bonds. The number of benzene rings is 2. The Kier molecular flexibility index (Phi) is 7.32. The SMILES string of the molecule is CCOc1ccc(C(C)NC(=O)NCc2cccc(-n3cccn3)c2)cc1OCC. The van der Waals surface area contributed by atoms with Crippen molar-refractivity contribution in [1.82, 2.24) is 20.4 Å². The van der Waals surface area contributed by atoms with Crippen molar-refractivity contribution in [1.29, 1.82) is 0 Å². The van der Waals surface area contributed by atoms with Crippen molar-refractivity contribution in [3.63, 3.8) is 0 Å². The lowest BCUT2D eigenvalue weighted by Crippen LogP contribution is -2.36. The molecule has 1 heterocycles. The van der Waals surface area contributed by atoms with Gasteiger partial charge in [0.1, 0.15) is 0 Å². The van der Waals surface area contributed by atoms with Crippen LogP contribution in [0, 0.1) is 0 Å². The van der Waals surface area contributed by atoms with E-state index in [1.807, 2.05) is 75.5 Å². The monoisotopic (exact) mass is 408 g/mol. The summed E-state index contributed by atoms with van der Waals surface area (Å²) in [6.07, 6.45) is 3.62. The second-order valence-electron chi connectivity index (χ2n) is 6.74. The number of hydrogen-bond donors (Lipinski definition) is 2. The van der Waals surface area contributed by atoms with Gasteiger partial charge in [0.2, 0.25) is 0 Å². The molecule has 0 spiro atoms. The van der Waals surface area contributed by atoms with Crippen molar-refractivity contribution in [2.24, 2.45) is 0 Å². The van der Waals surface area contributed by atoms with E-state index >= 15 is 0 Å². The molecule has 158 valence electrons. The molecular weight excluding hydrogens is 380 g/mol. The van der Waals surface area contributed by atoms with Crippen molar-refractivity contribution in [3.05, 3.63) is 72.1 Å². The third kappa shape index (κ3) is 5.53. The van der Waals surface area contributed by atoms with Crippen LogP contribution in [0.3, 0.4) is 0 Å². The van der Waals surface area contributed by atoms with Gasteiger partial charge in [-0.15, -0.1) is 0 Å². The molecule has 0 radical (unpaired) electrons. The quantitative estimate of drug-likeness (QED) is 0.555. The Morgan fingerprint density at radius 1 is 1.07 bits per heavy atom. The summed E-state index contributed by atoms with van der Waals surface area (Å²) in [6.45, 7) is 7.33. The van der Waals surface area contributed by atoms with E-state index in [0.29, 0.717) is 31.3 Å². The minimum Gasteiger partial charge on any atom is -0.490 e. The predicted octanol–water partition coefficient (Wildman–Crippen LogP) is 4.23. The fraction of sp³-hybridized carbons (Fsp3) is 0.304. The van der Waals surface area contributed by atoms with E-state index in [0.717, 1.165) is 16.8 Å². The van der Waals surface area contributed by atoms with Crippen molar-refractivity contribution in [3.8, 4) is 17.2 Å². The normalized spacial score (nSPS) is 11.6. The van der Waals surface area contributed by atoms with Gasteiger partial charge in [-0.2, -0.15) is 5.10 Å². The standard InChI is InChI=1S/C23H28N4O3/c1-4-29-21-11-10-19(15-22(21)30-5-2)17(3)26-23(28)24-16-18-8-6-9-20(14-18)27-13-7-12-25-27/h6-15,17H,4-5,16H2,1-3H3,(H2,24,26,28). The molecule has 0 aliphatic heterocycles. The molecule has 0 saturated heterocycles. The highest BCUT2D eigenvalue weighted by atomic mass is 16.5. The fourth-order valence-corrected chi connectivity index (χ4v) is 3.08. The van der Waals surface area contributed by atoms with Gasteiger partial charge in [0.25, 0.3) is 0 Å². The van der Waals surface area contributed by atoms with Gasteiger partial charge < -0.3 is 20.1 Å². The number of hydrogen-bond acceptors (Lipinski definition) is 4. The summed E-state index contributed by atoms with van der Waals surface area (Å²) in [4.78, 5) is 12.4. The first-order valence-corrected chi connectivity index (χ1v) is 10.1. The van der Waals surface area contributed by atoms with Gasteiger partial charge in [0.15, 0.2) is 11.5 Å². The Morgan fingerprint density at radius 2 is 1.87 bits per heavy atom. The molecule has 0 saturated carbocycles. The van der Waals surface area contributed by atoms with Crippen LogP contribution in [0.1, 0.15) is 37.9 Å². The molecule has 7 nitrogen and oxygen atoms in total. The van der Waals surface area contributed by atoms with E-state index in [4.69, 9.17) is 9.47 Å². The Labute approximate surface area is 177 Å². The molecule has 0 bridgehead atoms. The number of aromatic nitrogens is 2. The van der Waals surface area contributed by atoms with Gasteiger partial charge >= 0.3 is 6.03 Å². The maximum atomic E-state index is 12.4. The molecule has 7 heteroatoms. The van der Waals surface area contributed by atoms with Crippen molar-refractivity contribution >= 4 is 6.03 Å². The minimum absolute atomic E-state index is 0.185. The molecule has 2 N–H and O–H groups in total. The largest absolute Gasteiger partial charge is 0.490 e. The summed E-state index contributed by atoms with van der Waals surface area (Å²) in [6, 6.07) is 15.1. The smallest absolute Gasteiger partial charge is 0.315 e. The molecule has 30 heavy (non-hydrogen) atoms. The maximum Gasteiger partial charge on any atom is 0.315 e.